The van der Waals surface area contributed by atoms with Crippen LogP contribution in [0.5, 0.6) is 0 Å². The average molecular weight is 309 g/mol. The van der Waals surface area contributed by atoms with E-state index in [1.807, 2.05) is 12.1 Å². The normalized spacial score (nSPS) is 24.7. The summed E-state index contributed by atoms with van der Waals surface area (Å²) in [7, 11) is 0. The highest BCUT2D eigenvalue weighted by Crippen LogP contribution is 2.50. The van der Waals surface area contributed by atoms with Gasteiger partial charge in [0, 0.05) is 17.2 Å². The van der Waals surface area contributed by atoms with Gasteiger partial charge in [0.15, 0.2) is 0 Å². The number of fused-ring (bicyclic) bond motifs is 3. The molecule has 0 saturated carbocycles. The smallest absolute Gasteiger partial charge is 0.335 e. The highest BCUT2D eigenvalue weighted by atomic mass is 19.1. The van der Waals surface area contributed by atoms with E-state index >= 15 is 0 Å². The van der Waals surface area contributed by atoms with E-state index in [-0.39, 0.29) is 29.3 Å². The third-order valence-corrected chi connectivity index (χ3v) is 4.85. The number of rotatable bonds is 2. The maximum atomic E-state index is 14.2. The van der Waals surface area contributed by atoms with Crippen molar-refractivity contribution in [2.24, 2.45) is 5.92 Å². The summed E-state index contributed by atoms with van der Waals surface area (Å²) >= 11 is 0. The lowest BCUT2D eigenvalue weighted by Gasteiger charge is -2.37. The summed E-state index contributed by atoms with van der Waals surface area (Å²) in [6, 6.07) is 11.8. The molecule has 2 N–H and O–H groups in total. The lowest BCUT2D eigenvalue weighted by Crippen LogP contribution is -2.29. The second-order valence-corrected chi connectivity index (χ2v) is 6.10. The number of halogens is 1. The van der Waals surface area contributed by atoms with Crippen LogP contribution in [0.2, 0.25) is 0 Å². The van der Waals surface area contributed by atoms with Crippen molar-refractivity contribution in [2.45, 2.75) is 18.4 Å². The standard InChI is InChI=1S/C19H16FNO2/c20-16-7-2-1-4-14(16)18-13-6-3-5-12(13)15-10-11(19(22)23)8-9-17(15)21-18/h1-5,7-10,12-13,18,21H,6H2,(H,22,23)/t12-,13+,18-/m0/s1. The summed E-state index contributed by atoms with van der Waals surface area (Å²) in [4.78, 5) is 11.2. The molecule has 1 aliphatic carbocycles. The molecule has 0 saturated heterocycles. The van der Waals surface area contributed by atoms with Crippen LogP contribution in [0.1, 0.15) is 39.9 Å². The molecule has 4 heteroatoms. The minimum absolute atomic E-state index is 0.112. The molecule has 0 spiro atoms. The molecule has 0 fully saturated rings. The molecule has 23 heavy (non-hydrogen) atoms. The minimum atomic E-state index is -0.928. The predicted octanol–water partition coefficient (Wildman–Crippen LogP) is 4.35. The van der Waals surface area contributed by atoms with Crippen molar-refractivity contribution in [3.8, 4) is 0 Å². The van der Waals surface area contributed by atoms with Gasteiger partial charge in [0.1, 0.15) is 5.82 Å². The zero-order valence-corrected chi connectivity index (χ0v) is 12.4. The number of aromatic carboxylic acids is 1. The molecule has 3 atom stereocenters. The van der Waals surface area contributed by atoms with Gasteiger partial charge >= 0.3 is 5.97 Å². The van der Waals surface area contributed by atoms with Gasteiger partial charge in [-0.1, -0.05) is 30.4 Å². The van der Waals surface area contributed by atoms with E-state index in [4.69, 9.17) is 0 Å². The van der Waals surface area contributed by atoms with Gasteiger partial charge in [0.05, 0.1) is 11.6 Å². The van der Waals surface area contributed by atoms with Crippen molar-refractivity contribution in [1.29, 1.82) is 0 Å². The zero-order valence-electron chi connectivity index (χ0n) is 12.4. The quantitative estimate of drug-likeness (QED) is 0.811. The van der Waals surface area contributed by atoms with Gasteiger partial charge in [0.25, 0.3) is 0 Å². The van der Waals surface area contributed by atoms with Crippen LogP contribution in [0.3, 0.4) is 0 Å². The van der Waals surface area contributed by atoms with E-state index in [1.165, 1.54) is 6.07 Å². The van der Waals surface area contributed by atoms with Crippen LogP contribution in [-0.2, 0) is 0 Å². The minimum Gasteiger partial charge on any atom is -0.478 e. The predicted molar refractivity (Wildman–Crippen MR) is 86.2 cm³/mol. The molecule has 116 valence electrons. The number of nitrogens with one attached hydrogen (secondary N) is 1. The number of carbonyl (C=O) groups is 1. The van der Waals surface area contributed by atoms with Crippen LogP contribution in [0, 0.1) is 11.7 Å². The molecule has 0 amide bonds. The third kappa shape index (κ3) is 2.22. The maximum Gasteiger partial charge on any atom is 0.335 e. The van der Waals surface area contributed by atoms with Crippen molar-refractivity contribution < 1.29 is 14.3 Å². The first-order chi connectivity index (χ1) is 11.1. The van der Waals surface area contributed by atoms with Crippen molar-refractivity contribution >= 4 is 11.7 Å². The van der Waals surface area contributed by atoms with E-state index in [1.54, 1.807) is 24.3 Å². The van der Waals surface area contributed by atoms with E-state index in [2.05, 4.69) is 17.5 Å². The first kappa shape index (κ1) is 14.0. The lowest BCUT2D eigenvalue weighted by molar-refractivity contribution is 0.0696. The summed E-state index contributed by atoms with van der Waals surface area (Å²) in [5.41, 5.74) is 2.82. The van der Waals surface area contributed by atoms with Gasteiger partial charge in [-0.2, -0.15) is 0 Å². The van der Waals surface area contributed by atoms with E-state index < -0.39 is 5.97 Å². The monoisotopic (exact) mass is 309 g/mol. The molecule has 0 radical (unpaired) electrons. The number of anilines is 1. The Kier molecular flexibility index (Phi) is 3.18. The molecule has 3 nitrogen and oxygen atoms in total. The number of allylic oxidation sites excluding steroid dienone is 2. The van der Waals surface area contributed by atoms with Gasteiger partial charge in [-0.15, -0.1) is 0 Å². The number of carboxylic acids is 1. The summed E-state index contributed by atoms with van der Waals surface area (Å²) in [5, 5.41) is 12.6. The number of benzene rings is 2. The van der Waals surface area contributed by atoms with Gasteiger partial charge in [-0.25, -0.2) is 9.18 Å². The molecular formula is C19H16FNO2. The van der Waals surface area contributed by atoms with Crippen LogP contribution in [0.25, 0.3) is 0 Å². The van der Waals surface area contributed by atoms with Crippen molar-refractivity contribution in [3.63, 3.8) is 0 Å². The molecule has 2 aliphatic rings. The molecule has 0 bridgehead atoms. The summed E-state index contributed by atoms with van der Waals surface area (Å²) < 4.78 is 14.2. The molecule has 1 aliphatic heterocycles. The molecule has 2 aromatic carbocycles. The maximum absolute atomic E-state index is 14.2. The van der Waals surface area contributed by atoms with Gasteiger partial charge in [-0.05, 0) is 42.2 Å². The second-order valence-electron chi connectivity index (χ2n) is 6.10. The largest absolute Gasteiger partial charge is 0.478 e. The summed E-state index contributed by atoms with van der Waals surface area (Å²) in [5.74, 6) is -0.817. The topological polar surface area (TPSA) is 49.3 Å². The van der Waals surface area contributed by atoms with Crippen LogP contribution >= 0.6 is 0 Å². The Morgan fingerprint density at radius 2 is 2.00 bits per heavy atom. The molecular weight excluding hydrogens is 293 g/mol. The SMILES string of the molecule is O=C(O)c1ccc2c(c1)[C@H]1C=CC[C@H]1[C@@H](c1ccccc1F)N2. The molecule has 0 unspecified atom stereocenters. The summed E-state index contributed by atoms with van der Waals surface area (Å²) in [6.45, 7) is 0. The van der Waals surface area contributed by atoms with Crippen molar-refractivity contribution in [3.05, 3.63) is 77.1 Å². The molecule has 1 heterocycles. The molecule has 2 aromatic rings. The van der Waals surface area contributed by atoms with Gasteiger partial charge < -0.3 is 10.4 Å². The Labute approximate surface area is 133 Å². The Bertz CT molecular complexity index is 815. The van der Waals surface area contributed by atoms with Crippen LogP contribution < -0.4 is 5.32 Å². The van der Waals surface area contributed by atoms with E-state index in [0.29, 0.717) is 5.56 Å². The van der Waals surface area contributed by atoms with Crippen molar-refractivity contribution in [2.75, 3.05) is 5.32 Å². The van der Waals surface area contributed by atoms with Gasteiger partial charge in [0.2, 0.25) is 0 Å². The number of carboxylic acid groups (broad SMARTS) is 1. The van der Waals surface area contributed by atoms with E-state index in [9.17, 15) is 14.3 Å². The Morgan fingerprint density at radius 1 is 1.17 bits per heavy atom. The average Bonchev–Trinajstić information content (AvgIpc) is 3.04. The summed E-state index contributed by atoms with van der Waals surface area (Å²) in [6.07, 6.45) is 5.07. The first-order valence-corrected chi connectivity index (χ1v) is 7.70. The van der Waals surface area contributed by atoms with Crippen molar-refractivity contribution in [1.82, 2.24) is 0 Å². The lowest BCUT2D eigenvalue weighted by atomic mass is 9.76. The highest BCUT2D eigenvalue weighted by molar-refractivity contribution is 5.89. The first-order valence-electron chi connectivity index (χ1n) is 7.70. The Balaban J connectivity index is 1.81. The van der Waals surface area contributed by atoms with Crippen LogP contribution in [-0.4, -0.2) is 11.1 Å². The molecule has 0 aromatic heterocycles. The Morgan fingerprint density at radius 3 is 2.78 bits per heavy atom. The highest BCUT2D eigenvalue weighted by Gasteiger charge is 2.39. The number of hydrogen-bond donors (Lipinski definition) is 2. The Hall–Kier alpha value is -2.62. The van der Waals surface area contributed by atoms with Crippen LogP contribution in [0.15, 0.2) is 54.6 Å². The second kappa shape index (κ2) is 5.23. The third-order valence-electron chi connectivity index (χ3n) is 4.85. The van der Waals surface area contributed by atoms with Crippen LogP contribution in [0.4, 0.5) is 10.1 Å². The number of hydrogen-bond acceptors (Lipinski definition) is 2. The fraction of sp³-hybridized carbons (Fsp3) is 0.211. The molecule has 4 rings (SSSR count). The van der Waals surface area contributed by atoms with E-state index in [0.717, 1.165) is 17.7 Å². The fourth-order valence-corrected chi connectivity index (χ4v) is 3.76. The zero-order chi connectivity index (χ0) is 16.0. The fourth-order valence-electron chi connectivity index (χ4n) is 3.76. The van der Waals surface area contributed by atoms with Gasteiger partial charge in [-0.3, -0.25) is 0 Å².